The van der Waals surface area contributed by atoms with Gasteiger partial charge in [0.2, 0.25) is 5.91 Å². The Balaban J connectivity index is 1.57. The molecule has 0 spiro atoms. The lowest BCUT2D eigenvalue weighted by molar-refractivity contribution is -0.124. The Kier molecular flexibility index (Phi) is 8.15. The third kappa shape index (κ3) is 5.95. The van der Waals surface area contributed by atoms with Gasteiger partial charge in [0.15, 0.2) is 5.11 Å². The van der Waals surface area contributed by atoms with E-state index in [1.54, 1.807) is 67.5 Å². The molecule has 1 fully saturated rings. The van der Waals surface area contributed by atoms with E-state index in [-0.39, 0.29) is 24.8 Å². The van der Waals surface area contributed by atoms with Crippen molar-refractivity contribution in [2.75, 3.05) is 23.9 Å². The first-order valence-corrected chi connectivity index (χ1v) is 12.2. The SMILES string of the molecule is CCOC(=O)c1ccc(N2C(=O)C(CC(=O)Nc3ccc(OC)cc3)N(Cc3ccccc3)C2=S)cc1. The summed E-state index contributed by atoms with van der Waals surface area (Å²) < 4.78 is 10.2. The van der Waals surface area contributed by atoms with Crippen molar-refractivity contribution in [3.05, 3.63) is 90.0 Å². The lowest BCUT2D eigenvalue weighted by Crippen LogP contribution is -2.37. The number of esters is 1. The molecule has 190 valence electrons. The molecule has 1 aliphatic rings. The molecular weight excluding hydrogens is 490 g/mol. The summed E-state index contributed by atoms with van der Waals surface area (Å²) in [6, 6.07) is 22.3. The van der Waals surface area contributed by atoms with E-state index in [0.717, 1.165) is 5.56 Å². The van der Waals surface area contributed by atoms with E-state index in [9.17, 15) is 14.4 Å². The molecule has 0 aromatic heterocycles. The lowest BCUT2D eigenvalue weighted by Gasteiger charge is -2.24. The zero-order valence-corrected chi connectivity index (χ0v) is 21.4. The number of nitrogens with zero attached hydrogens (tertiary/aromatic N) is 2. The van der Waals surface area contributed by atoms with Crippen LogP contribution in [0.4, 0.5) is 11.4 Å². The molecule has 1 unspecified atom stereocenters. The topological polar surface area (TPSA) is 88.2 Å². The van der Waals surface area contributed by atoms with Crippen LogP contribution in [-0.2, 0) is 20.9 Å². The van der Waals surface area contributed by atoms with Crippen molar-refractivity contribution >= 4 is 46.5 Å². The van der Waals surface area contributed by atoms with E-state index in [2.05, 4.69) is 5.32 Å². The van der Waals surface area contributed by atoms with Gasteiger partial charge in [0.25, 0.3) is 5.91 Å². The molecule has 4 rings (SSSR count). The monoisotopic (exact) mass is 517 g/mol. The van der Waals surface area contributed by atoms with Crippen LogP contribution in [0, 0.1) is 0 Å². The first kappa shape index (κ1) is 25.8. The molecule has 0 aliphatic carbocycles. The van der Waals surface area contributed by atoms with E-state index in [4.69, 9.17) is 21.7 Å². The minimum absolute atomic E-state index is 0.0880. The van der Waals surface area contributed by atoms with Gasteiger partial charge in [0.1, 0.15) is 11.8 Å². The molecule has 1 aliphatic heterocycles. The van der Waals surface area contributed by atoms with Crippen molar-refractivity contribution in [3.8, 4) is 5.75 Å². The van der Waals surface area contributed by atoms with Crippen molar-refractivity contribution in [2.24, 2.45) is 0 Å². The van der Waals surface area contributed by atoms with E-state index in [0.29, 0.717) is 34.3 Å². The summed E-state index contributed by atoms with van der Waals surface area (Å²) in [5.74, 6) is -0.394. The van der Waals surface area contributed by atoms with Crippen molar-refractivity contribution < 1.29 is 23.9 Å². The fourth-order valence-corrected chi connectivity index (χ4v) is 4.44. The molecular formula is C28H27N3O5S. The predicted molar refractivity (Wildman–Crippen MR) is 144 cm³/mol. The third-order valence-electron chi connectivity index (χ3n) is 5.90. The summed E-state index contributed by atoms with van der Waals surface area (Å²) in [6.45, 7) is 2.37. The summed E-state index contributed by atoms with van der Waals surface area (Å²) in [5, 5.41) is 3.13. The maximum Gasteiger partial charge on any atom is 0.338 e. The number of methoxy groups -OCH3 is 1. The van der Waals surface area contributed by atoms with Crippen LogP contribution < -0.4 is 15.0 Å². The number of carbonyl (C=O) groups excluding carboxylic acids is 3. The number of amides is 2. The fraction of sp³-hybridized carbons (Fsp3) is 0.214. The highest BCUT2D eigenvalue weighted by atomic mass is 32.1. The Morgan fingerprint density at radius 1 is 0.973 bits per heavy atom. The molecule has 1 heterocycles. The van der Waals surface area contributed by atoms with Crippen molar-refractivity contribution in [1.82, 2.24) is 4.90 Å². The molecule has 3 aromatic rings. The van der Waals surface area contributed by atoms with Gasteiger partial charge in [-0.05, 0) is 73.2 Å². The number of carbonyl (C=O) groups is 3. The number of hydrogen-bond donors (Lipinski definition) is 1. The average molecular weight is 518 g/mol. The minimum atomic E-state index is -0.796. The molecule has 0 radical (unpaired) electrons. The normalized spacial score (nSPS) is 15.0. The standard InChI is InChI=1S/C28H27N3O5S/c1-3-36-27(34)20-9-13-22(14-10-20)31-26(33)24(30(28(31)37)18-19-7-5-4-6-8-19)17-25(32)29-21-11-15-23(35-2)16-12-21/h4-16,24H,3,17-18H2,1-2H3,(H,29,32). The smallest absolute Gasteiger partial charge is 0.338 e. The average Bonchev–Trinajstić information content (AvgIpc) is 3.13. The Hall–Kier alpha value is -4.24. The summed E-state index contributed by atoms with van der Waals surface area (Å²) in [5.41, 5.74) is 2.44. The lowest BCUT2D eigenvalue weighted by atomic mass is 10.1. The Bertz CT molecular complexity index is 1280. The number of nitrogens with one attached hydrogen (secondary N) is 1. The summed E-state index contributed by atoms with van der Waals surface area (Å²) in [4.78, 5) is 41.8. The number of benzene rings is 3. The first-order valence-electron chi connectivity index (χ1n) is 11.8. The van der Waals surface area contributed by atoms with Crippen molar-refractivity contribution in [3.63, 3.8) is 0 Å². The summed E-state index contributed by atoms with van der Waals surface area (Å²) >= 11 is 5.73. The minimum Gasteiger partial charge on any atom is -0.497 e. The quantitative estimate of drug-likeness (QED) is 0.332. The number of ether oxygens (including phenoxy) is 2. The van der Waals surface area contributed by atoms with Crippen LogP contribution in [0.2, 0.25) is 0 Å². The van der Waals surface area contributed by atoms with Crippen LogP contribution in [0.3, 0.4) is 0 Å². The zero-order valence-electron chi connectivity index (χ0n) is 20.5. The number of hydrogen-bond acceptors (Lipinski definition) is 6. The largest absolute Gasteiger partial charge is 0.497 e. The molecule has 1 N–H and O–H groups in total. The third-order valence-corrected chi connectivity index (χ3v) is 6.32. The second-order valence-electron chi connectivity index (χ2n) is 8.33. The molecule has 37 heavy (non-hydrogen) atoms. The van der Waals surface area contributed by atoms with Gasteiger partial charge >= 0.3 is 5.97 Å². The van der Waals surface area contributed by atoms with Gasteiger partial charge in [0, 0.05) is 12.2 Å². The first-order chi connectivity index (χ1) is 17.9. The maximum atomic E-state index is 13.6. The fourth-order valence-electron chi connectivity index (χ4n) is 4.05. The molecule has 2 amide bonds. The predicted octanol–water partition coefficient (Wildman–Crippen LogP) is 4.40. The Morgan fingerprint density at radius 3 is 2.27 bits per heavy atom. The van der Waals surface area contributed by atoms with Gasteiger partial charge in [0.05, 0.1) is 31.4 Å². The number of anilines is 2. The molecule has 0 bridgehead atoms. The highest BCUT2D eigenvalue weighted by Crippen LogP contribution is 2.29. The highest BCUT2D eigenvalue weighted by Gasteiger charge is 2.44. The molecule has 1 saturated heterocycles. The van der Waals surface area contributed by atoms with Gasteiger partial charge in [-0.15, -0.1) is 0 Å². The van der Waals surface area contributed by atoms with Crippen LogP contribution in [0.5, 0.6) is 5.75 Å². The van der Waals surface area contributed by atoms with Crippen molar-refractivity contribution in [2.45, 2.75) is 25.9 Å². The van der Waals surface area contributed by atoms with Crippen LogP contribution in [0.15, 0.2) is 78.9 Å². The van der Waals surface area contributed by atoms with Crippen LogP contribution in [0.1, 0.15) is 29.3 Å². The molecule has 3 aromatic carbocycles. The second kappa shape index (κ2) is 11.7. The summed E-state index contributed by atoms with van der Waals surface area (Å²) in [7, 11) is 1.57. The van der Waals surface area contributed by atoms with Crippen LogP contribution in [0.25, 0.3) is 0 Å². The van der Waals surface area contributed by atoms with E-state index in [1.165, 1.54) is 4.90 Å². The number of thiocarbonyl (C=S) groups is 1. The molecule has 8 nitrogen and oxygen atoms in total. The van der Waals surface area contributed by atoms with E-state index in [1.807, 2.05) is 30.3 Å². The summed E-state index contributed by atoms with van der Waals surface area (Å²) in [6.07, 6.45) is -0.0880. The molecule has 0 saturated carbocycles. The van der Waals surface area contributed by atoms with Crippen molar-refractivity contribution in [1.29, 1.82) is 0 Å². The zero-order chi connectivity index (χ0) is 26.4. The van der Waals surface area contributed by atoms with Crippen LogP contribution in [-0.4, -0.2) is 47.6 Å². The van der Waals surface area contributed by atoms with Gasteiger partial charge in [-0.1, -0.05) is 30.3 Å². The van der Waals surface area contributed by atoms with Gasteiger partial charge in [-0.25, -0.2) is 4.79 Å². The number of rotatable bonds is 9. The van der Waals surface area contributed by atoms with Gasteiger partial charge in [-0.3, -0.25) is 14.5 Å². The maximum absolute atomic E-state index is 13.6. The second-order valence-corrected chi connectivity index (χ2v) is 8.70. The Labute approximate surface area is 220 Å². The van der Waals surface area contributed by atoms with E-state index < -0.39 is 12.0 Å². The van der Waals surface area contributed by atoms with Crippen LogP contribution >= 0.6 is 12.2 Å². The van der Waals surface area contributed by atoms with E-state index >= 15 is 0 Å². The highest BCUT2D eigenvalue weighted by molar-refractivity contribution is 7.80. The van der Waals surface area contributed by atoms with Gasteiger partial charge < -0.3 is 19.7 Å². The Morgan fingerprint density at radius 2 is 1.65 bits per heavy atom. The van der Waals surface area contributed by atoms with Gasteiger partial charge in [-0.2, -0.15) is 0 Å². The molecule has 9 heteroatoms. The molecule has 1 atom stereocenters.